The van der Waals surface area contributed by atoms with Gasteiger partial charge in [-0.3, -0.25) is 9.59 Å². The highest BCUT2D eigenvalue weighted by Gasteiger charge is 2.29. The van der Waals surface area contributed by atoms with Crippen molar-refractivity contribution in [2.75, 3.05) is 26.8 Å². The van der Waals surface area contributed by atoms with Gasteiger partial charge in [-0.15, -0.1) is 0 Å². The van der Waals surface area contributed by atoms with Crippen LogP contribution in [-0.4, -0.2) is 60.6 Å². The van der Waals surface area contributed by atoms with Crippen molar-refractivity contribution in [3.8, 4) is 0 Å². The number of hydrogen-bond donors (Lipinski definition) is 2. The third-order valence-corrected chi connectivity index (χ3v) is 2.22. The molecule has 1 rings (SSSR count). The van der Waals surface area contributed by atoms with E-state index in [1.807, 2.05) is 0 Å². The van der Waals surface area contributed by atoms with Crippen molar-refractivity contribution in [2.24, 2.45) is 0 Å². The predicted molar refractivity (Wildman–Crippen MR) is 52.6 cm³/mol. The molecule has 0 spiro atoms. The standard InChI is InChI=1S/C9H14N2O5/c1-11-3-2-6(9(11)15)10-7(12)4-16-5-8(13)14/h6H,2-5H2,1H3,(H,10,12)(H,13,14). The fourth-order valence-corrected chi connectivity index (χ4v) is 1.42. The molecular formula is C9H14N2O5. The van der Waals surface area contributed by atoms with E-state index in [1.165, 1.54) is 4.90 Å². The highest BCUT2D eigenvalue weighted by Crippen LogP contribution is 2.07. The van der Waals surface area contributed by atoms with Gasteiger partial charge in [-0.05, 0) is 6.42 Å². The number of nitrogens with one attached hydrogen (secondary N) is 1. The van der Waals surface area contributed by atoms with Crippen molar-refractivity contribution >= 4 is 17.8 Å². The van der Waals surface area contributed by atoms with E-state index in [0.717, 1.165) is 0 Å². The van der Waals surface area contributed by atoms with E-state index >= 15 is 0 Å². The summed E-state index contributed by atoms with van der Waals surface area (Å²) in [5, 5.41) is 10.8. The zero-order chi connectivity index (χ0) is 12.1. The number of carboxylic acid groups (broad SMARTS) is 1. The molecule has 1 heterocycles. The number of nitrogens with zero attached hydrogens (tertiary/aromatic N) is 1. The minimum absolute atomic E-state index is 0.133. The summed E-state index contributed by atoms with van der Waals surface area (Å²) in [7, 11) is 1.66. The molecule has 0 aromatic heterocycles. The number of rotatable bonds is 5. The van der Waals surface area contributed by atoms with Gasteiger partial charge < -0.3 is 20.1 Å². The molecule has 16 heavy (non-hydrogen) atoms. The summed E-state index contributed by atoms with van der Waals surface area (Å²) in [6.07, 6.45) is 0.569. The van der Waals surface area contributed by atoms with Crippen molar-refractivity contribution in [3.05, 3.63) is 0 Å². The molecule has 1 saturated heterocycles. The van der Waals surface area contributed by atoms with E-state index in [2.05, 4.69) is 10.1 Å². The Labute approximate surface area is 92.4 Å². The molecule has 1 fully saturated rings. The Morgan fingerprint density at radius 2 is 2.25 bits per heavy atom. The highest BCUT2D eigenvalue weighted by atomic mass is 16.5. The molecule has 0 aromatic carbocycles. The largest absolute Gasteiger partial charge is 0.480 e. The number of likely N-dealkylation sites (N-methyl/N-ethyl adjacent to an activating group) is 1. The number of aliphatic carboxylic acids is 1. The van der Waals surface area contributed by atoms with Gasteiger partial charge in [0.1, 0.15) is 19.3 Å². The van der Waals surface area contributed by atoms with E-state index in [-0.39, 0.29) is 12.5 Å². The van der Waals surface area contributed by atoms with Crippen molar-refractivity contribution in [3.63, 3.8) is 0 Å². The molecule has 0 bridgehead atoms. The lowest BCUT2D eigenvalue weighted by atomic mass is 10.2. The first-order valence-corrected chi connectivity index (χ1v) is 4.84. The number of carboxylic acids is 1. The van der Waals surface area contributed by atoms with Crippen molar-refractivity contribution in [1.29, 1.82) is 0 Å². The molecule has 1 unspecified atom stereocenters. The van der Waals surface area contributed by atoms with Gasteiger partial charge in [0.25, 0.3) is 0 Å². The summed E-state index contributed by atoms with van der Waals surface area (Å²) >= 11 is 0. The van der Waals surface area contributed by atoms with Crippen molar-refractivity contribution in [2.45, 2.75) is 12.5 Å². The van der Waals surface area contributed by atoms with Crippen LogP contribution in [-0.2, 0) is 19.1 Å². The average molecular weight is 230 g/mol. The van der Waals surface area contributed by atoms with Crippen molar-refractivity contribution in [1.82, 2.24) is 10.2 Å². The monoisotopic (exact) mass is 230 g/mol. The summed E-state index contributed by atoms with van der Waals surface area (Å²) in [6.45, 7) is -0.258. The Kier molecular flexibility index (Phi) is 4.24. The molecule has 2 N–H and O–H groups in total. The average Bonchev–Trinajstić information content (AvgIpc) is 2.49. The highest BCUT2D eigenvalue weighted by molar-refractivity contribution is 5.89. The van der Waals surface area contributed by atoms with Gasteiger partial charge in [0.2, 0.25) is 11.8 Å². The lowest BCUT2D eigenvalue weighted by Gasteiger charge is -2.11. The molecule has 0 aliphatic carbocycles. The van der Waals surface area contributed by atoms with Gasteiger partial charge in [-0.1, -0.05) is 0 Å². The zero-order valence-corrected chi connectivity index (χ0v) is 8.93. The molecule has 1 atom stereocenters. The molecule has 7 nitrogen and oxygen atoms in total. The molecule has 90 valence electrons. The van der Waals surface area contributed by atoms with E-state index in [1.54, 1.807) is 7.05 Å². The number of amides is 2. The Morgan fingerprint density at radius 1 is 1.56 bits per heavy atom. The maximum atomic E-state index is 11.4. The minimum atomic E-state index is -1.13. The van der Waals surface area contributed by atoms with Crippen LogP contribution in [0.5, 0.6) is 0 Å². The number of carbonyl (C=O) groups excluding carboxylic acids is 2. The number of likely N-dealkylation sites (tertiary alicyclic amines) is 1. The lowest BCUT2D eigenvalue weighted by Crippen LogP contribution is -2.42. The Bertz CT molecular complexity index is 304. The van der Waals surface area contributed by atoms with Gasteiger partial charge in [-0.25, -0.2) is 4.79 Å². The Morgan fingerprint density at radius 3 is 2.75 bits per heavy atom. The van der Waals surface area contributed by atoms with Gasteiger partial charge >= 0.3 is 5.97 Å². The second-order valence-corrected chi connectivity index (χ2v) is 3.56. The molecule has 0 radical (unpaired) electrons. The predicted octanol–water partition coefficient (Wildman–Crippen LogP) is -1.57. The third kappa shape index (κ3) is 3.50. The Hall–Kier alpha value is -1.63. The summed E-state index contributed by atoms with van der Waals surface area (Å²) in [6, 6.07) is -0.508. The van der Waals surface area contributed by atoms with Crippen LogP contribution < -0.4 is 5.32 Å². The van der Waals surface area contributed by atoms with Crippen molar-refractivity contribution < 1.29 is 24.2 Å². The molecule has 0 saturated carbocycles. The fraction of sp³-hybridized carbons (Fsp3) is 0.667. The third-order valence-electron chi connectivity index (χ3n) is 2.22. The summed E-state index contributed by atoms with van der Waals surface area (Å²) < 4.78 is 4.59. The van der Waals surface area contributed by atoms with Crippen LogP contribution in [0.25, 0.3) is 0 Å². The van der Waals surface area contributed by atoms with E-state index in [9.17, 15) is 14.4 Å². The maximum absolute atomic E-state index is 11.4. The fourth-order valence-electron chi connectivity index (χ4n) is 1.42. The van der Waals surface area contributed by atoms with Gasteiger partial charge in [-0.2, -0.15) is 0 Å². The van der Waals surface area contributed by atoms with E-state index in [4.69, 9.17) is 5.11 Å². The molecule has 7 heteroatoms. The number of carbonyl (C=O) groups is 3. The van der Waals surface area contributed by atoms with Crippen LogP contribution in [0.15, 0.2) is 0 Å². The molecule has 1 aliphatic heterocycles. The molecule has 1 aliphatic rings. The molecular weight excluding hydrogens is 216 g/mol. The lowest BCUT2D eigenvalue weighted by molar-refractivity contribution is -0.144. The maximum Gasteiger partial charge on any atom is 0.329 e. The van der Waals surface area contributed by atoms with Crippen LogP contribution in [0.3, 0.4) is 0 Å². The first-order valence-electron chi connectivity index (χ1n) is 4.84. The summed E-state index contributed by atoms with van der Waals surface area (Å²) in [5.41, 5.74) is 0. The number of hydrogen-bond acceptors (Lipinski definition) is 4. The van der Waals surface area contributed by atoms with E-state index < -0.39 is 24.5 Å². The van der Waals surface area contributed by atoms with Gasteiger partial charge in [0.05, 0.1) is 0 Å². The zero-order valence-electron chi connectivity index (χ0n) is 8.93. The normalized spacial score (nSPS) is 19.9. The van der Waals surface area contributed by atoms with Crippen LogP contribution in [0.2, 0.25) is 0 Å². The second kappa shape index (κ2) is 5.45. The number of ether oxygens (including phenoxy) is 1. The van der Waals surface area contributed by atoms with Gasteiger partial charge in [0, 0.05) is 13.6 Å². The van der Waals surface area contributed by atoms with Crippen LogP contribution in [0.1, 0.15) is 6.42 Å². The van der Waals surface area contributed by atoms with Crippen LogP contribution in [0, 0.1) is 0 Å². The SMILES string of the molecule is CN1CCC(NC(=O)COCC(=O)O)C1=O. The second-order valence-electron chi connectivity index (χ2n) is 3.56. The van der Waals surface area contributed by atoms with Crippen LogP contribution in [0.4, 0.5) is 0 Å². The van der Waals surface area contributed by atoms with E-state index in [0.29, 0.717) is 13.0 Å². The Balaban J connectivity index is 2.24. The van der Waals surface area contributed by atoms with Crippen LogP contribution >= 0.6 is 0 Å². The summed E-state index contributed by atoms with van der Waals surface area (Å²) in [4.78, 5) is 34.3. The molecule has 2 amide bonds. The minimum Gasteiger partial charge on any atom is -0.480 e. The van der Waals surface area contributed by atoms with Gasteiger partial charge in [0.15, 0.2) is 0 Å². The first kappa shape index (κ1) is 12.4. The first-order chi connectivity index (χ1) is 7.50. The topological polar surface area (TPSA) is 95.9 Å². The smallest absolute Gasteiger partial charge is 0.329 e. The summed E-state index contributed by atoms with van der Waals surface area (Å²) in [5.74, 6) is -1.74. The molecule has 0 aromatic rings. The quantitative estimate of drug-likeness (QED) is 0.595.